The first-order valence-electron chi connectivity index (χ1n) is 5.12. The highest BCUT2D eigenvalue weighted by Crippen LogP contribution is 1.97. The minimum absolute atomic E-state index is 0.197. The summed E-state index contributed by atoms with van der Waals surface area (Å²) in [5, 5.41) is 14.1. The second-order valence-electron chi connectivity index (χ2n) is 3.18. The van der Waals surface area contributed by atoms with Crippen molar-refractivity contribution < 1.29 is 9.90 Å². The highest BCUT2D eigenvalue weighted by atomic mass is 16.3. The maximum absolute atomic E-state index is 10.3. The van der Waals surface area contributed by atoms with Gasteiger partial charge in [-0.1, -0.05) is 12.8 Å². The van der Waals surface area contributed by atoms with Crippen molar-refractivity contribution in [3.8, 4) is 0 Å². The highest BCUT2D eigenvalue weighted by molar-refractivity contribution is 6.57. The largest absolute Gasteiger partial charge is 0.395 e. The Bertz CT molecular complexity index is 145. The monoisotopic (exact) mass is 198 g/mol. The molecule has 3 N–H and O–H groups in total. The molecule has 0 saturated carbocycles. The molecule has 0 rings (SSSR count). The van der Waals surface area contributed by atoms with Crippen molar-refractivity contribution in [2.24, 2.45) is 0 Å². The minimum Gasteiger partial charge on any atom is -0.395 e. The summed E-state index contributed by atoms with van der Waals surface area (Å²) >= 11 is 0. The molecule has 0 fully saturated rings. The van der Waals surface area contributed by atoms with Gasteiger partial charge in [0.15, 0.2) is 13.7 Å². The summed E-state index contributed by atoms with van der Waals surface area (Å²) in [6, 6.07) is 0. The molecule has 0 spiro atoms. The Hall–Kier alpha value is -0.545. The zero-order valence-corrected chi connectivity index (χ0v) is 8.59. The molecule has 1 amide bonds. The summed E-state index contributed by atoms with van der Waals surface area (Å²) in [5.41, 5.74) is 0. The maximum Gasteiger partial charge on any atom is 0.200 e. The van der Waals surface area contributed by atoms with E-state index in [1.165, 1.54) is 0 Å². The van der Waals surface area contributed by atoms with Gasteiger partial charge in [-0.3, -0.25) is 4.79 Å². The summed E-state index contributed by atoms with van der Waals surface area (Å²) < 4.78 is 0. The Morgan fingerprint density at radius 3 is 2.29 bits per heavy atom. The lowest BCUT2D eigenvalue weighted by molar-refractivity contribution is 0.259. The fraction of sp³-hybridized carbons (Fsp3) is 0.889. The molecular weight excluding hydrogens is 179 g/mol. The third-order valence-corrected chi connectivity index (χ3v) is 1.87. The van der Waals surface area contributed by atoms with Gasteiger partial charge in [0, 0.05) is 13.1 Å². The minimum atomic E-state index is -0.449. The van der Waals surface area contributed by atoms with E-state index in [1.807, 2.05) is 0 Å². The van der Waals surface area contributed by atoms with Crippen molar-refractivity contribution in [1.82, 2.24) is 10.6 Å². The van der Waals surface area contributed by atoms with Crippen molar-refractivity contribution in [2.45, 2.75) is 25.7 Å². The van der Waals surface area contributed by atoms with Gasteiger partial charge in [-0.2, -0.15) is 0 Å². The van der Waals surface area contributed by atoms with Crippen LogP contribution in [-0.4, -0.2) is 45.0 Å². The normalized spacial score (nSPS) is 10.1. The quantitative estimate of drug-likeness (QED) is 0.361. The van der Waals surface area contributed by atoms with E-state index in [0.717, 1.165) is 32.2 Å². The number of aliphatic hydroxyl groups excluding tert-OH is 1. The summed E-state index contributed by atoms with van der Waals surface area (Å²) in [7, 11) is 4.90. The number of carbonyl (C=O) groups is 1. The fourth-order valence-corrected chi connectivity index (χ4v) is 1.14. The molecule has 0 aromatic carbocycles. The van der Waals surface area contributed by atoms with Gasteiger partial charge in [0.25, 0.3) is 0 Å². The molecule has 0 heterocycles. The van der Waals surface area contributed by atoms with Crippen LogP contribution in [-0.2, 0) is 0 Å². The lowest BCUT2D eigenvalue weighted by atomic mass is 10.1. The zero-order chi connectivity index (χ0) is 10.6. The molecule has 0 bridgehead atoms. The highest BCUT2D eigenvalue weighted by Gasteiger charge is 1.91. The number of amides is 1. The lowest BCUT2D eigenvalue weighted by Gasteiger charge is -2.03. The van der Waals surface area contributed by atoms with Crippen LogP contribution in [0.1, 0.15) is 25.7 Å². The van der Waals surface area contributed by atoms with Crippen molar-refractivity contribution in [2.75, 3.05) is 26.2 Å². The van der Waals surface area contributed by atoms with E-state index in [0.29, 0.717) is 13.1 Å². The van der Waals surface area contributed by atoms with Gasteiger partial charge in [-0.05, 0) is 19.4 Å². The van der Waals surface area contributed by atoms with Gasteiger partial charge >= 0.3 is 0 Å². The van der Waals surface area contributed by atoms with E-state index in [2.05, 4.69) is 10.6 Å². The molecule has 14 heavy (non-hydrogen) atoms. The summed E-state index contributed by atoms with van der Waals surface area (Å²) in [5.74, 6) is -0.449. The number of nitrogens with one attached hydrogen (secondary N) is 2. The van der Waals surface area contributed by atoms with Crippen molar-refractivity contribution in [3.05, 3.63) is 0 Å². The molecule has 0 aromatic heterocycles. The summed E-state index contributed by atoms with van der Waals surface area (Å²) in [4.78, 5) is 10.3. The molecule has 5 heteroatoms. The Balaban J connectivity index is 2.88. The Morgan fingerprint density at radius 1 is 1.07 bits per heavy atom. The van der Waals surface area contributed by atoms with Gasteiger partial charge in [0.2, 0.25) is 0 Å². The molecular formula is C9H19BN2O2. The standard InChI is InChI=1S/C9H19BN2O2/c10-9(14)12-6-4-2-1-3-5-11-7-8-13/h11,13H,1-8H2,(H,12,14). The van der Waals surface area contributed by atoms with Crippen LogP contribution >= 0.6 is 0 Å². The lowest BCUT2D eigenvalue weighted by Crippen LogP contribution is -2.22. The number of aliphatic hydroxyl groups is 1. The van der Waals surface area contributed by atoms with Gasteiger partial charge in [-0.15, -0.1) is 0 Å². The van der Waals surface area contributed by atoms with E-state index in [-0.39, 0.29) is 6.61 Å². The molecule has 80 valence electrons. The first-order chi connectivity index (χ1) is 6.77. The molecule has 0 aliphatic rings. The Labute approximate surface area is 86.9 Å². The molecule has 0 unspecified atom stereocenters. The van der Waals surface area contributed by atoms with Crippen LogP contribution in [0.3, 0.4) is 0 Å². The average molecular weight is 198 g/mol. The van der Waals surface area contributed by atoms with E-state index in [1.54, 1.807) is 0 Å². The van der Waals surface area contributed by atoms with Crippen LogP contribution in [0.25, 0.3) is 0 Å². The molecule has 0 saturated heterocycles. The predicted molar refractivity (Wildman–Crippen MR) is 57.6 cm³/mol. The number of hydrogen-bond acceptors (Lipinski definition) is 3. The van der Waals surface area contributed by atoms with Crippen LogP contribution in [0.2, 0.25) is 0 Å². The van der Waals surface area contributed by atoms with Crippen molar-refractivity contribution in [1.29, 1.82) is 0 Å². The van der Waals surface area contributed by atoms with Crippen LogP contribution in [0.4, 0.5) is 4.79 Å². The fourth-order valence-electron chi connectivity index (χ4n) is 1.14. The van der Waals surface area contributed by atoms with E-state index < -0.39 is 5.81 Å². The van der Waals surface area contributed by atoms with Crippen LogP contribution < -0.4 is 10.6 Å². The van der Waals surface area contributed by atoms with Gasteiger partial charge < -0.3 is 15.7 Å². The first-order valence-corrected chi connectivity index (χ1v) is 5.12. The third-order valence-electron chi connectivity index (χ3n) is 1.87. The van der Waals surface area contributed by atoms with Gasteiger partial charge in [0.05, 0.1) is 6.61 Å². The molecule has 2 radical (unpaired) electrons. The summed E-state index contributed by atoms with van der Waals surface area (Å²) in [6.45, 7) is 2.48. The number of rotatable bonds is 9. The SMILES string of the molecule is [B]C(=O)NCCCCCCNCCO. The Kier molecular flexibility index (Phi) is 10.1. The molecule has 0 aliphatic heterocycles. The number of unbranched alkanes of at least 4 members (excludes halogenated alkanes) is 3. The van der Waals surface area contributed by atoms with Gasteiger partial charge in [0.1, 0.15) is 0 Å². The Morgan fingerprint density at radius 2 is 1.71 bits per heavy atom. The second-order valence-corrected chi connectivity index (χ2v) is 3.18. The third kappa shape index (κ3) is 11.5. The predicted octanol–water partition coefficient (Wildman–Crippen LogP) is 0.00680. The zero-order valence-electron chi connectivity index (χ0n) is 8.59. The molecule has 0 aromatic rings. The van der Waals surface area contributed by atoms with Gasteiger partial charge in [-0.25, -0.2) is 0 Å². The smallest absolute Gasteiger partial charge is 0.200 e. The van der Waals surface area contributed by atoms with Crippen LogP contribution in [0.15, 0.2) is 0 Å². The topological polar surface area (TPSA) is 61.4 Å². The van der Waals surface area contributed by atoms with Crippen molar-refractivity contribution in [3.63, 3.8) is 0 Å². The van der Waals surface area contributed by atoms with E-state index in [9.17, 15) is 4.79 Å². The van der Waals surface area contributed by atoms with E-state index >= 15 is 0 Å². The van der Waals surface area contributed by atoms with Crippen LogP contribution in [0, 0.1) is 0 Å². The number of carbonyl (C=O) groups excluding carboxylic acids is 1. The molecule has 0 atom stereocenters. The second kappa shape index (κ2) is 10.5. The van der Waals surface area contributed by atoms with Crippen LogP contribution in [0.5, 0.6) is 0 Å². The molecule has 4 nitrogen and oxygen atoms in total. The average Bonchev–Trinajstić information content (AvgIpc) is 2.15. The first kappa shape index (κ1) is 13.5. The maximum atomic E-state index is 10.3. The summed E-state index contributed by atoms with van der Waals surface area (Å²) in [6.07, 6.45) is 4.32. The number of hydrogen-bond donors (Lipinski definition) is 3. The van der Waals surface area contributed by atoms with E-state index in [4.69, 9.17) is 13.0 Å². The molecule has 0 aliphatic carbocycles. The van der Waals surface area contributed by atoms with Crippen molar-refractivity contribution >= 4 is 13.7 Å².